The first-order chi connectivity index (χ1) is 13.5. The van der Waals surface area contributed by atoms with Crippen LogP contribution in [0.15, 0.2) is 42.5 Å². The van der Waals surface area contributed by atoms with E-state index in [4.69, 9.17) is 9.47 Å². The molecule has 0 bridgehead atoms. The average Bonchev–Trinajstić information content (AvgIpc) is 2.67. The first kappa shape index (κ1) is 21.4. The van der Waals surface area contributed by atoms with Crippen molar-refractivity contribution in [2.24, 2.45) is 0 Å². The lowest BCUT2D eigenvalue weighted by Gasteiger charge is -2.26. The second-order valence-corrected chi connectivity index (χ2v) is 6.79. The standard InChI is InChI=1S/C20H19F6NO2/c1-27(17-5-2-4-14(10-17)18-28-6-3-7-29-18)12-13-8-15(19(21,22)23)11-16(9-13)20(24,25)26/h2,4-5,8-11,18H,3,6-7,12H2,1H3. The normalized spacial score (nSPS) is 16.1. The summed E-state index contributed by atoms with van der Waals surface area (Å²) in [4.78, 5) is 1.57. The van der Waals surface area contributed by atoms with Gasteiger partial charge >= 0.3 is 12.4 Å². The van der Waals surface area contributed by atoms with Gasteiger partial charge in [-0.1, -0.05) is 12.1 Å². The quantitative estimate of drug-likeness (QED) is 0.585. The van der Waals surface area contributed by atoms with Crippen LogP contribution in [0.2, 0.25) is 0 Å². The smallest absolute Gasteiger partial charge is 0.370 e. The van der Waals surface area contributed by atoms with Crippen LogP contribution >= 0.6 is 0 Å². The number of rotatable bonds is 4. The highest BCUT2D eigenvalue weighted by Gasteiger charge is 2.37. The van der Waals surface area contributed by atoms with Crippen LogP contribution in [0.4, 0.5) is 32.0 Å². The molecule has 1 fully saturated rings. The maximum absolute atomic E-state index is 13.0. The summed E-state index contributed by atoms with van der Waals surface area (Å²) < 4.78 is 89.3. The molecule has 3 rings (SSSR count). The Kier molecular flexibility index (Phi) is 6.09. The Balaban J connectivity index is 1.85. The molecule has 0 saturated carbocycles. The topological polar surface area (TPSA) is 21.7 Å². The Morgan fingerprint density at radius 1 is 0.897 bits per heavy atom. The van der Waals surface area contributed by atoms with E-state index < -0.39 is 29.8 Å². The zero-order valence-corrected chi connectivity index (χ0v) is 15.5. The van der Waals surface area contributed by atoms with Gasteiger partial charge in [0, 0.05) is 24.8 Å². The third kappa shape index (κ3) is 5.42. The molecule has 0 amide bonds. The summed E-state index contributed by atoms with van der Waals surface area (Å²) in [7, 11) is 1.59. The molecule has 0 radical (unpaired) electrons. The number of hydrogen-bond donors (Lipinski definition) is 0. The van der Waals surface area contributed by atoms with Gasteiger partial charge in [0.25, 0.3) is 0 Å². The minimum atomic E-state index is -4.87. The van der Waals surface area contributed by atoms with Gasteiger partial charge in [-0.3, -0.25) is 0 Å². The van der Waals surface area contributed by atoms with Crippen molar-refractivity contribution in [1.29, 1.82) is 0 Å². The van der Waals surface area contributed by atoms with Crippen molar-refractivity contribution in [1.82, 2.24) is 0 Å². The van der Waals surface area contributed by atoms with Gasteiger partial charge in [-0.05, 0) is 42.3 Å². The fraction of sp³-hybridized carbons (Fsp3) is 0.400. The van der Waals surface area contributed by atoms with Crippen LogP contribution in [0, 0.1) is 0 Å². The van der Waals surface area contributed by atoms with Gasteiger partial charge in [0.15, 0.2) is 6.29 Å². The molecule has 0 atom stereocenters. The first-order valence-corrected chi connectivity index (χ1v) is 8.87. The molecule has 0 unspecified atom stereocenters. The van der Waals surface area contributed by atoms with Crippen molar-refractivity contribution in [2.75, 3.05) is 25.2 Å². The van der Waals surface area contributed by atoms with E-state index in [9.17, 15) is 26.3 Å². The molecule has 9 heteroatoms. The van der Waals surface area contributed by atoms with Gasteiger partial charge in [-0.2, -0.15) is 26.3 Å². The van der Waals surface area contributed by atoms with Crippen molar-refractivity contribution in [3.63, 3.8) is 0 Å². The predicted octanol–water partition coefficient (Wildman–Crippen LogP) is 5.80. The SMILES string of the molecule is CN(Cc1cc(C(F)(F)F)cc(C(F)(F)F)c1)c1cccc(C2OCCCO2)c1. The number of benzene rings is 2. The van der Waals surface area contributed by atoms with Gasteiger partial charge in [-0.25, -0.2) is 0 Å². The Bertz CT molecular complexity index is 811. The third-order valence-corrected chi connectivity index (χ3v) is 4.48. The summed E-state index contributed by atoms with van der Waals surface area (Å²) in [6.07, 6.45) is -9.50. The highest BCUT2D eigenvalue weighted by atomic mass is 19.4. The Labute approximate surface area is 163 Å². The molecule has 1 aliphatic heterocycles. The number of halogens is 6. The summed E-state index contributed by atoms with van der Waals surface area (Å²) in [5, 5.41) is 0. The fourth-order valence-electron chi connectivity index (χ4n) is 3.06. The average molecular weight is 419 g/mol. The molecule has 1 saturated heterocycles. The first-order valence-electron chi connectivity index (χ1n) is 8.87. The van der Waals surface area contributed by atoms with Crippen LogP contribution < -0.4 is 4.90 Å². The molecular weight excluding hydrogens is 400 g/mol. The molecule has 0 aliphatic carbocycles. The van der Waals surface area contributed by atoms with Gasteiger partial charge in [0.05, 0.1) is 24.3 Å². The second-order valence-electron chi connectivity index (χ2n) is 6.79. The lowest BCUT2D eigenvalue weighted by Crippen LogP contribution is -2.20. The van der Waals surface area contributed by atoms with Crippen LogP contribution in [-0.2, 0) is 28.4 Å². The van der Waals surface area contributed by atoms with Crippen LogP contribution in [0.3, 0.4) is 0 Å². The second kappa shape index (κ2) is 8.23. The van der Waals surface area contributed by atoms with Gasteiger partial charge in [-0.15, -0.1) is 0 Å². The Morgan fingerprint density at radius 2 is 1.48 bits per heavy atom. The van der Waals surface area contributed by atoms with E-state index in [1.165, 1.54) is 0 Å². The summed E-state index contributed by atoms with van der Waals surface area (Å²) in [5.74, 6) is 0. The summed E-state index contributed by atoms with van der Waals surface area (Å²) in [6.45, 7) is 0.965. The molecule has 0 spiro atoms. The highest BCUT2D eigenvalue weighted by Crippen LogP contribution is 2.37. The number of alkyl halides is 6. The van der Waals surface area contributed by atoms with E-state index in [1.54, 1.807) is 36.2 Å². The fourth-order valence-corrected chi connectivity index (χ4v) is 3.06. The predicted molar refractivity (Wildman–Crippen MR) is 94.3 cm³/mol. The van der Waals surface area contributed by atoms with Crippen molar-refractivity contribution in [2.45, 2.75) is 31.6 Å². The number of anilines is 1. The molecule has 2 aromatic carbocycles. The van der Waals surface area contributed by atoms with E-state index in [2.05, 4.69) is 0 Å². The van der Waals surface area contributed by atoms with E-state index in [0.717, 1.165) is 24.1 Å². The molecule has 0 aromatic heterocycles. The van der Waals surface area contributed by atoms with E-state index >= 15 is 0 Å². The van der Waals surface area contributed by atoms with E-state index in [0.29, 0.717) is 18.9 Å². The largest absolute Gasteiger partial charge is 0.416 e. The number of nitrogens with zero attached hydrogens (tertiary/aromatic N) is 1. The maximum atomic E-state index is 13.0. The van der Waals surface area contributed by atoms with Crippen molar-refractivity contribution < 1.29 is 35.8 Å². The Hall–Kier alpha value is -2.26. The van der Waals surface area contributed by atoms with Gasteiger partial charge in [0.1, 0.15) is 0 Å². The number of ether oxygens (including phenoxy) is 2. The summed E-state index contributed by atoms with van der Waals surface area (Å²) in [5.41, 5.74) is -1.40. The zero-order chi connectivity index (χ0) is 21.2. The van der Waals surface area contributed by atoms with E-state index in [-0.39, 0.29) is 18.2 Å². The van der Waals surface area contributed by atoms with Crippen molar-refractivity contribution in [3.05, 3.63) is 64.7 Å². The lowest BCUT2D eigenvalue weighted by molar-refractivity contribution is -0.183. The zero-order valence-electron chi connectivity index (χ0n) is 15.5. The molecule has 2 aromatic rings. The minimum Gasteiger partial charge on any atom is -0.370 e. The minimum absolute atomic E-state index is 0.0924. The van der Waals surface area contributed by atoms with Gasteiger partial charge in [0.2, 0.25) is 0 Å². The molecule has 3 nitrogen and oxygen atoms in total. The summed E-state index contributed by atoms with van der Waals surface area (Å²) >= 11 is 0. The summed E-state index contributed by atoms with van der Waals surface area (Å²) in [6, 6.07) is 8.59. The van der Waals surface area contributed by atoms with Crippen molar-refractivity contribution >= 4 is 5.69 Å². The van der Waals surface area contributed by atoms with Gasteiger partial charge < -0.3 is 14.4 Å². The van der Waals surface area contributed by atoms with Crippen LogP contribution in [-0.4, -0.2) is 20.3 Å². The highest BCUT2D eigenvalue weighted by molar-refractivity contribution is 5.49. The van der Waals surface area contributed by atoms with Crippen LogP contribution in [0.25, 0.3) is 0 Å². The molecule has 1 aliphatic rings. The molecule has 158 valence electrons. The monoisotopic (exact) mass is 419 g/mol. The Morgan fingerprint density at radius 3 is 2.03 bits per heavy atom. The van der Waals surface area contributed by atoms with E-state index in [1.807, 2.05) is 0 Å². The van der Waals surface area contributed by atoms with Crippen LogP contribution in [0.5, 0.6) is 0 Å². The van der Waals surface area contributed by atoms with Crippen molar-refractivity contribution in [3.8, 4) is 0 Å². The maximum Gasteiger partial charge on any atom is 0.416 e. The molecular formula is C20H19F6NO2. The van der Waals surface area contributed by atoms with Crippen LogP contribution in [0.1, 0.15) is 35.0 Å². The molecule has 1 heterocycles. The third-order valence-electron chi connectivity index (χ3n) is 4.48. The molecule has 0 N–H and O–H groups in total. The molecule has 29 heavy (non-hydrogen) atoms. The lowest BCUT2D eigenvalue weighted by atomic mass is 10.0. The number of hydrogen-bond acceptors (Lipinski definition) is 3.